The average Bonchev–Trinajstić information content (AvgIpc) is 2.27. The molecular formula is C14H24O3Si. The van der Waals surface area contributed by atoms with E-state index in [9.17, 15) is 4.79 Å². The van der Waals surface area contributed by atoms with E-state index in [1.807, 2.05) is 12.2 Å². The van der Waals surface area contributed by atoms with Gasteiger partial charge in [0.25, 0.3) is 0 Å². The Morgan fingerprint density at radius 3 is 2.78 bits per heavy atom. The highest BCUT2D eigenvalue weighted by atomic mass is 28.3. The molecule has 3 nitrogen and oxygen atoms in total. The Morgan fingerprint density at radius 2 is 2.17 bits per heavy atom. The van der Waals surface area contributed by atoms with E-state index in [4.69, 9.17) is 9.47 Å². The number of carbonyl (C=O) groups excluding carboxylic acids is 1. The summed E-state index contributed by atoms with van der Waals surface area (Å²) in [6, 6.07) is 1.12. The molecule has 0 saturated heterocycles. The van der Waals surface area contributed by atoms with Gasteiger partial charge in [0.2, 0.25) is 0 Å². The first-order chi connectivity index (χ1) is 8.42. The van der Waals surface area contributed by atoms with Crippen molar-refractivity contribution in [2.24, 2.45) is 0 Å². The maximum atomic E-state index is 11.2. The number of rotatable bonds is 6. The van der Waals surface area contributed by atoms with E-state index >= 15 is 0 Å². The van der Waals surface area contributed by atoms with Crippen LogP contribution in [0.25, 0.3) is 0 Å². The summed E-state index contributed by atoms with van der Waals surface area (Å²) in [7, 11) is -1.08. The first-order valence-corrected chi connectivity index (χ1v) is 10.3. The summed E-state index contributed by atoms with van der Waals surface area (Å²) in [6.45, 7) is 9.75. The SMILES string of the molecule is CC/C=C/[C@@H]1OC(=O)C=C[C@@H]1OCC[Si](C)(C)C. The van der Waals surface area contributed by atoms with Crippen LogP contribution in [0.4, 0.5) is 0 Å². The zero-order valence-corrected chi connectivity index (χ0v) is 12.8. The Hall–Kier alpha value is -0.873. The summed E-state index contributed by atoms with van der Waals surface area (Å²) >= 11 is 0. The van der Waals surface area contributed by atoms with Gasteiger partial charge in [0.1, 0.15) is 12.2 Å². The lowest BCUT2D eigenvalue weighted by molar-refractivity contribution is -0.147. The summed E-state index contributed by atoms with van der Waals surface area (Å²) in [5.41, 5.74) is 0. The van der Waals surface area contributed by atoms with Crippen molar-refractivity contribution in [3.8, 4) is 0 Å². The number of hydrogen-bond acceptors (Lipinski definition) is 3. The van der Waals surface area contributed by atoms with Crippen molar-refractivity contribution >= 4 is 14.0 Å². The largest absolute Gasteiger partial charge is 0.452 e. The maximum Gasteiger partial charge on any atom is 0.331 e. The first-order valence-electron chi connectivity index (χ1n) is 6.59. The Labute approximate surface area is 111 Å². The van der Waals surface area contributed by atoms with Gasteiger partial charge in [0.15, 0.2) is 0 Å². The number of allylic oxidation sites excluding steroid dienone is 1. The normalized spacial score (nSPS) is 24.6. The molecule has 0 aromatic carbocycles. The van der Waals surface area contributed by atoms with Crippen molar-refractivity contribution < 1.29 is 14.3 Å². The van der Waals surface area contributed by atoms with Gasteiger partial charge in [-0.1, -0.05) is 32.6 Å². The predicted molar refractivity (Wildman–Crippen MR) is 76.3 cm³/mol. The maximum absolute atomic E-state index is 11.2. The van der Waals surface area contributed by atoms with Gasteiger partial charge in [-0.3, -0.25) is 0 Å². The van der Waals surface area contributed by atoms with E-state index in [2.05, 4.69) is 26.6 Å². The molecule has 0 N–H and O–H groups in total. The fourth-order valence-electron chi connectivity index (χ4n) is 1.59. The lowest BCUT2D eigenvalue weighted by Gasteiger charge is -2.26. The summed E-state index contributed by atoms with van der Waals surface area (Å²) in [5.74, 6) is -0.286. The third-order valence-corrected chi connectivity index (χ3v) is 4.43. The van der Waals surface area contributed by atoms with Crippen molar-refractivity contribution in [3.63, 3.8) is 0 Å². The lowest BCUT2D eigenvalue weighted by atomic mass is 10.1. The Kier molecular flexibility index (Phi) is 5.82. The highest BCUT2D eigenvalue weighted by Gasteiger charge is 2.25. The minimum atomic E-state index is -1.08. The second-order valence-corrected chi connectivity index (χ2v) is 11.4. The van der Waals surface area contributed by atoms with Crippen LogP contribution in [0.2, 0.25) is 25.7 Å². The molecule has 1 rings (SSSR count). The molecular weight excluding hydrogens is 244 g/mol. The molecule has 0 spiro atoms. The van der Waals surface area contributed by atoms with Crippen molar-refractivity contribution in [2.45, 2.75) is 51.2 Å². The highest BCUT2D eigenvalue weighted by molar-refractivity contribution is 6.76. The number of hydrogen-bond donors (Lipinski definition) is 0. The van der Waals surface area contributed by atoms with Crippen molar-refractivity contribution in [1.29, 1.82) is 0 Å². The van der Waals surface area contributed by atoms with Crippen LogP contribution in [-0.2, 0) is 14.3 Å². The van der Waals surface area contributed by atoms with Crippen LogP contribution in [0.1, 0.15) is 13.3 Å². The second kappa shape index (κ2) is 6.90. The number of esters is 1. The number of cyclic esters (lactones) is 1. The van der Waals surface area contributed by atoms with E-state index < -0.39 is 8.07 Å². The topological polar surface area (TPSA) is 35.5 Å². The molecule has 1 heterocycles. The molecule has 4 heteroatoms. The van der Waals surface area contributed by atoms with Crippen molar-refractivity contribution in [3.05, 3.63) is 24.3 Å². The van der Waals surface area contributed by atoms with Gasteiger partial charge >= 0.3 is 5.97 Å². The molecule has 18 heavy (non-hydrogen) atoms. The summed E-state index contributed by atoms with van der Waals surface area (Å²) in [5, 5.41) is 0. The molecule has 0 fully saturated rings. The van der Waals surface area contributed by atoms with Crippen LogP contribution in [0.5, 0.6) is 0 Å². The number of ether oxygens (including phenoxy) is 2. The molecule has 2 atom stereocenters. The molecule has 0 amide bonds. The molecule has 0 aliphatic carbocycles. The molecule has 0 radical (unpaired) electrons. The van der Waals surface area contributed by atoms with Gasteiger partial charge in [-0.15, -0.1) is 0 Å². The minimum absolute atomic E-state index is 0.137. The van der Waals surface area contributed by atoms with Crippen LogP contribution in [0.15, 0.2) is 24.3 Å². The van der Waals surface area contributed by atoms with Gasteiger partial charge in [-0.05, 0) is 24.6 Å². The molecule has 0 unspecified atom stereocenters. The van der Waals surface area contributed by atoms with E-state index in [0.717, 1.165) is 19.1 Å². The molecule has 102 valence electrons. The van der Waals surface area contributed by atoms with Crippen LogP contribution < -0.4 is 0 Å². The lowest BCUT2D eigenvalue weighted by Crippen LogP contribution is -2.35. The fourth-order valence-corrected chi connectivity index (χ4v) is 2.32. The zero-order valence-electron chi connectivity index (χ0n) is 11.8. The summed E-state index contributed by atoms with van der Waals surface area (Å²) in [4.78, 5) is 11.2. The monoisotopic (exact) mass is 268 g/mol. The van der Waals surface area contributed by atoms with Gasteiger partial charge in [0, 0.05) is 20.8 Å². The van der Waals surface area contributed by atoms with Gasteiger partial charge in [-0.25, -0.2) is 4.79 Å². The van der Waals surface area contributed by atoms with Gasteiger partial charge in [0.05, 0.1) is 0 Å². The molecule has 0 bridgehead atoms. The third kappa shape index (κ3) is 5.64. The highest BCUT2D eigenvalue weighted by Crippen LogP contribution is 2.16. The van der Waals surface area contributed by atoms with Crippen LogP contribution in [-0.4, -0.2) is 32.9 Å². The summed E-state index contributed by atoms with van der Waals surface area (Å²) in [6.07, 6.45) is 7.70. The predicted octanol–water partition coefficient (Wildman–Crippen LogP) is 3.16. The first kappa shape index (κ1) is 15.2. The number of carbonyl (C=O) groups is 1. The second-order valence-electron chi connectivity index (χ2n) is 5.74. The fraction of sp³-hybridized carbons (Fsp3) is 0.643. The molecule has 1 aliphatic rings. The molecule has 1 aliphatic heterocycles. The Morgan fingerprint density at radius 1 is 1.44 bits per heavy atom. The van der Waals surface area contributed by atoms with Crippen LogP contribution in [0, 0.1) is 0 Å². The van der Waals surface area contributed by atoms with Crippen LogP contribution >= 0.6 is 0 Å². The quantitative estimate of drug-likeness (QED) is 0.422. The summed E-state index contributed by atoms with van der Waals surface area (Å²) < 4.78 is 11.1. The van der Waals surface area contributed by atoms with E-state index in [-0.39, 0.29) is 18.2 Å². The van der Waals surface area contributed by atoms with E-state index in [1.54, 1.807) is 6.08 Å². The molecule has 0 aromatic heterocycles. The van der Waals surface area contributed by atoms with Gasteiger partial charge < -0.3 is 9.47 Å². The zero-order chi connectivity index (χ0) is 13.6. The minimum Gasteiger partial charge on any atom is -0.452 e. The molecule has 0 aromatic rings. The van der Waals surface area contributed by atoms with Crippen molar-refractivity contribution in [1.82, 2.24) is 0 Å². The molecule has 0 saturated carbocycles. The van der Waals surface area contributed by atoms with E-state index in [1.165, 1.54) is 6.08 Å². The smallest absolute Gasteiger partial charge is 0.331 e. The standard InChI is InChI=1S/C14H24O3Si/c1-5-6-7-13-12(8-9-14(15)17-13)16-10-11-18(2,3)4/h6-9,12-13H,5,10-11H2,1-4H3/b7-6+/t12-,13-/m0/s1. The Balaban J connectivity index is 2.52. The average molecular weight is 268 g/mol. The third-order valence-electron chi connectivity index (χ3n) is 2.72. The van der Waals surface area contributed by atoms with Gasteiger partial charge in [-0.2, -0.15) is 0 Å². The van der Waals surface area contributed by atoms with E-state index in [0.29, 0.717) is 0 Å². The van der Waals surface area contributed by atoms with Crippen molar-refractivity contribution in [2.75, 3.05) is 6.61 Å². The van der Waals surface area contributed by atoms with Crippen LogP contribution in [0.3, 0.4) is 0 Å². The Bertz CT molecular complexity index is 328.